The summed E-state index contributed by atoms with van der Waals surface area (Å²) >= 11 is 1.96. The van der Waals surface area contributed by atoms with Crippen LogP contribution >= 0.6 is 22.6 Å². The molecule has 1 rings (SSSR count). The Morgan fingerprint density at radius 1 is 1.73 bits per heavy atom. The van der Waals surface area contributed by atoms with Crippen LogP contribution in [0.25, 0.3) is 0 Å². The molecule has 1 aliphatic heterocycles. The number of nitrogens with one attached hydrogen (secondary N) is 1. The lowest BCUT2D eigenvalue weighted by atomic mass is 10.00. The van der Waals surface area contributed by atoms with Gasteiger partial charge in [-0.05, 0) is 20.8 Å². The molecule has 1 saturated heterocycles. The smallest absolute Gasteiger partial charge is 0.407 e. The Bertz CT molecular complexity index is 279. The minimum atomic E-state index is -0.855. The maximum absolute atomic E-state index is 11.7. The van der Waals surface area contributed by atoms with Crippen LogP contribution in [0.4, 0.5) is 4.79 Å². The van der Waals surface area contributed by atoms with Gasteiger partial charge in [0.1, 0.15) is 6.10 Å². The first-order chi connectivity index (χ1) is 6.89. The minimum absolute atomic E-state index is 0.191. The minimum Gasteiger partial charge on any atom is -0.465 e. The fourth-order valence-corrected chi connectivity index (χ4v) is 2.30. The lowest BCUT2D eigenvalue weighted by molar-refractivity contribution is -0.147. The van der Waals surface area contributed by atoms with Crippen molar-refractivity contribution in [3.8, 4) is 0 Å². The van der Waals surface area contributed by atoms with E-state index in [4.69, 9.17) is 9.47 Å². The molecule has 6 heteroatoms. The molecule has 0 spiro atoms. The number of esters is 1. The highest BCUT2D eigenvalue weighted by Gasteiger charge is 2.49. The number of carbonyl (C=O) groups excluding carboxylic acids is 2. The zero-order chi connectivity index (χ0) is 11.6. The van der Waals surface area contributed by atoms with Gasteiger partial charge in [-0.15, -0.1) is 0 Å². The Kier molecular flexibility index (Phi) is 3.80. The highest BCUT2D eigenvalue weighted by Crippen LogP contribution is 2.31. The fraction of sp³-hybridized carbons (Fsp3) is 0.778. The van der Waals surface area contributed by atoms with Gasteiger partial charge in [-0.2, -0.15) is 0 Å². The second kappa shape index (κ2) is 4.54. The summed E-state index contributed by atoms with van der Waals surface area (Å²) in [5.74, 6) is -0.362. The van der Waals surface area contributed by atoms with Gasteiger partial charge in [0.2, 0.25) is 0 Å². The lowest BCUT2D eigenvalue weighted by Gasteiger charge is -2.27. The van der Waals surface area contributed by atoms with Crippen LogP contribution in [0.5, 0.6) is 0 Å². The highest BCUT2D eigenvalue weighted by molar-refractivity contribution is 14.1. The molecule has 1 heterocycles. The standard InChI is InChI=1S/C9H14INO4/c1-4-14-7(12)9(3,10)6-5(2)11-8(13)15-6/h5-6H,4H2,1-3H3,(H,11,13)/t5-,6+,9?/m0/s1. The molecular formula is C9H14INO4. The van der Waals surface area contributed by atoms with Crippen molar-refractivity contribution in [3.63, 3.8) is 0 Å². The quantitative estimate of drug-likeness (QED) is 0.481. The molecule has 1 amide bonds. The van der Waals surface area contributed by atoms with Gasteiger partial charge in [0.25, 0.3) is 0 Å². The Morgan fingerprint density at radius 3 is 2.73 bits per heavy atom. The number of alkyl carbamates (subject to hydrolysis) is 1. The van der Waals surface area contributed by atoms with Crippen LogP contribution < -0.4 is 5.32 Å². The van der Waals surface area contributed by atoms with Gasteiger partial charge < -0.3 is 14.8 Å². The number of hydrogen-bond acceptors (Lipinski definition) is 4. The second-order valence-electron chi connectivity index (χ2n) is 3.55. The van der Waals surface area contributed by atoms with Crippen molar-refractivity contribution in [2.75, 3.05) is 6.61 Å². The molecule has 15 heavy (non-hydrogen) atoms. The predicted molar refractivity (Wildman–Crippen MR) is 61.9 cm³/mol. The number of amides is 1. The summed E-state index contributed by atoms with van der Waals surface area (Å²) in [6, 6.07) is -0.191. The fourth-order valence-electron chi connectivity index (χ4n) is 1.48. The van der Waals surface area contributed by atoms with Gasteiger partial charge in [-0.25, -0.2) is 4.79 Å². The topological polar surface area (TPSA) is 64.6 Å². The molecule has 0 aliphatic carbocycles. The summed E-state index contributed by atoms with van der Waals surface area (Å²) < 4.78 is 9.13. The number of carbonyl (C=O) groups is 2. The molecular weight excluding hydrogens is 313 g/mol. The monoisotopic (exact) mass is 327 g/mol. The van der Waals surface area contributed by atoms with Crippen LogP contribution in [0.2, 0.25) is 0 Å². The molecule has 1 N–H and O–H groups in total. The van der Waals surface area contributed by atoms with E-state index in [0.717, 1.165) is 0 Å². The number of alkyl halides is 1. The van der Waals surface area contributed by atoms with Crippen molar-refractivity contribution >= 4 is 34.7 Å². The van der Waals surface area contributed by atoms with E-state index in [1.807, 2.05) is 22.6 Å². The van der Waals surface area contributed by atoms with Crippen molar-refractivity contribution in [1.82, 2.24) is 5.32 Å². The Morgan fingerprint density at radius 2 is 2.33 bits per heavy atom. The Labute approximate surface area is 102 Å². The average molecular weight is 327 g/mol. The molecule has 0 aromatic rings. The summed E-state index contributed by atoms with van der Waals surface area (Å²) in [6.45, 7) is 5.56. The van der Waals surface area contributed by atoms with Crippen molar-refractivity contribution in [2.45, 2.75) is 36.3 Å². The van der Waals surface area contributed by atoms with Crippen LogP contribution in [0, 0.1) is 0 Å². The molecule has 3 atom stereocenters. The zero-order valence-corrected chi connectivity index (χ0v) is 11.0. The third-order valence-electron chi connectivity index (χ3n) is 2.24. The number of cyclic esters (lactones) is 1. The van der Waals surface area contributed by atoms with Crippen LogP contribution in [0.15, 0.2) is 0 Å². The van der Waals surface area contributed by atoms with Crippen molar-refractivity contribution in [1.29, 1.82) is 0 Å². The Balaban J connectivity index is 2.76. The van der Waals surface area contributed by atoms with E-state index in [1.165, 1.54) is 0 Å². The van der Waals surface area contributed by atoms with E-state index in [-0.39, 0.29) is 12.0 Å². The van der Waals surface area contributed by atoms with E-state index < -0.39 is 15.6 Å². The zero-order valence-electron chi connectivity index (χ0n) is 8.87. The molecule has 0 radical (unpaired) electrons. The van der Waals surface area contributed by atoms with E-state index in [1.54, 1.807) is 20.8 Å². The first kappa shape index (κ1) is 12.5. The van der Waals surface area contributed by atoms with E-state index in [2.05, 4.69) is 5.32 Å². The second-order valence-corrected chi connectivity index (χ2v) is 5.80. The maximum atomic E-state index is 11.7. The normalized spacial score (nSPS) is 28.9. The highest BCUT2D eigenvalue weighted by atomic mass is 127. The Hall–Kier alpha value is -0.530. The maximum Gasteiger partial charge on any atom is 0.407 e. The molecule has 86 valence electrons. The number of ether oxygens (including phenoxy) is 2. The van der Waals surface area contributed by atoms with Crippen LogP contribution in [-0.2, 0) is 14.3 Å². The number of rotatable bonds is 3. The summed E-state index contributed by atoms with van der Waals surface area (Å²) in [7, 11) is 0. The molecule has 0 saturated carbocycles. The molecule has 0 aromatic carbocycles. The van der Waals surface area contributed by atoms with Crippen molar-refractivity contribution in [2.24, 2.45) is 0 Å². The van der Waals surface area contributed by atoms with Gasteiger partial charge in [-0.1, -0.05) is 22.6 Å². The summed E-state index contributed by atoms with van der Waals surface area (Å²) in [5, 5.41) is 2.60. The molecule has 1 aliphatic rings. The lowest BCUT2D eigenvalue weighted by Crippen LogP contribution is -2.48. The molecule has 0 bridgehead atoms. The van der Waals surface area contributed by atoms with Gasteiger partial charge in [-0.3, -0.25) is 4.79 Å². The summed E-state index contributed by atoms with van der Waals surface area (Å²) in [6.07, 6.45) is -0.982. The van der Waals surface area contributed by atoms with E-state index >= 15 is 0 Å². The van der Waals surface area contributed by atoms with Crippen molar-refractivity contribution < 1.29 is 19.1 Å². The van der Waals surface area contributed by atoms with E-state index in [9.17, 15) is 9.59 Å². The van der Waals surface area contributed by atoms with Crippen molar-refractivity contribution in [3.05, 3.63) is 0 Å². The third kappa shape index (κ3) is 2.53. The third-order valence-corrected chi connectivity index (χ3v) is 3.30. The number of hydrogen-bond donors (Lipinski definition) is 1. The molecule has 1 fully saturated rings. The average Bonchev–Trinajstić information content (AvgIpc) is 2.46. The first-order valence-corrected chi connectivity index (χ1v) is 5.80. The van der Waals surface area contributed by atoms with Crippen LogP contribution in [0.3, 0.4) is 0 Å². The van der Waals surface area contributed by atoms with E-state index in [0.29, 0.717) is 6.61 Å². The predicted octanol–water partition coefficient (Wildman–Crippen LogP) is 1.24. The van der Waals surface area contributed by atoms with Crippen LogP contribution in [0.1, 0.15) is 20.8 Å². The summed E-state index contributed by atoms with van der Waals surface area (Å²) in [4.78, 5) is 22.7. The molecule has 1 unspecified atom stereocenters. The summed E-state index contributed by atoms with van der Waals surface area (Å²) in [5.41, 5.74) is 0. The van der Waals surface area contributed by atoms with Gasteiger partial charge in [0.15, 0.2) is 3.42 Å². The van der Waals surface area contributed by atoms with Crippen LogP contribution in [-0.4, -0.2) is 34.2 Å². The molecule has 0 aromatic heterocycles. The SMILES string of the molecule is CCOC(=O)C(C)(I)[C@@H]1OC(=O)N[C@H]1C. The van der Waals surface area contributed by atoms with Gasteiger partial charge in [0.05, 0.1) is 12.6 Å². The largest absolute Gasteiger partial charge is 0.465 e. The first-order valence-electron chi connectivity index (χ1n) is 4.72. The van der Waals surface area contributed by atoms with Gasteiger partial charge in [0, 0.05) is 0 Å². The number of halogens is 1. The molecule has 5 nitrogen and oxygen atoms in total. The van der Waals surface area contributed by atoms with Gasteiger partial charge >= 0.3 is 12.1 Å².